The second-order valence-electron chi connectivity index (χ2n) is 7.91. The number of hydrogen-bond acceptors (Lipinski definition) is 5. The van der Waals surface area contributed by atoms with Crippen molar-refractivity contribution in [3.63, 3.8) is 0 Å². The lowest BCUT2D eigenvalue weighted by Gasteiger charge is -2.48. The quantitative estimate of drug-likeness (QED) is 0.406. The summed E-state index contributed by atoms with van der Waals surface area (Å²) in [6, 6.07) is 14.8. The van der Waals surface area contributed by atoms with Crippen molar-refractivity contribution in [3.8, 4) is 23.0 Å². The molecule has 1 fully saturated rings. The molecule has 184 valence electrons. The molecule has 1 heterocycles. The fraction of sp³-hybridized carbons (Fsp3) is 0.269. The summed E-state index contributed by atoms with van der Waals surface area (Å²) >= 11 is 0. The molecule has 0 radical (unpaired) electrons. The van der Waals surface area contributed by atoms with Gasteiger partial charge in [0.05, 0.1) is 51.6 Å². The molecule has 0 spiro atoms. The van der Waals surface area contributed by atoms with Gasteiger partial charge in [0, 0.05) is 12.1 Å². The van der Waals surface area contributed by atoms with E-state index in [-0.39, 0.29) is 5.91 Å². The van der Waals surface area contributed by atoms with Crippen LogP contribution in [0.4, 0.5) is 18.9 Å². The molecule has 0 unspecified atom stereocenters. The Bertz CT molecular complexity index is 1180. The van der Waals surface area contributed by atoms with Crippen LogP contribution in [-0.4, -0.2) is 34.3 Å². The van der Waals surface area contributed by atoms with Gasteiger partial charge in [-0.2, -0.15) is 13.2 Å². The van der Waals surface area contributed by atoms with E-state index in [4.69, 9.17) is 18.9 Å². The molecule has 6 nitrogen and oxygen atoms in total. The second kappa shape index (κ2) is 9.40. The molecule has 1 aliphatic heterocycles. The summed E-state index contributed by atoms with van der Waals surface area (Å²) in [5.74, 6) is 0.837. The van der Waals surface area contributed by atoms with Crippen LogP contribution in [-0.2, 0) is 11.0 Å². The summed E-state index contributed by atoms with van der Waals surface area (Å²) < 4.78 is 60.7. The van der Waals surface area contributed by atoms with Gasteiger partial charge >= 0.3 is 6.18 Å². The number of β-lactam (4-membered cyclic amide) rings is 1. The number of alkyl halides is 3. The van der Waals surface area contributed by atoms with E-state index in [1.807, 2.05) is 12.1 Å². The van der Waals surface area contributed by atoms with Gasteiger partial charge in [-0.15, -0.1) is 0 Å². The van der Waals surface area contributed by atoms with Crippen LogP contribution in [0.2, 0.25) is 0 Å². The van der Waals surface area contributed by atoms with Crippen LogP contribution in [0.15, 0.2) is 60.7 Å². The molecule has 0 aromatic heterocycles. The van der Waals surface area contributed by atoms with E-state index in [0.29, 0.717) is 34.2 Å². The Kier molecular flexibility index (Phi) is 6.51. The molecule has 0 N–H and O–H groups in total. The number of anilines is 1. The topological polar surface area (TPSA) is 57.2 Å². The molecule has 2 atom stereocenters. The Morgan fingerprint density at radius 3 is 1.74 bits per heavy atom. The summed E-state index contributed by atoms with van der Waals surface area (Å²) in [7, 11) is 5.99. The van der Waals surface area contributed by atoms with E-state index in [2.05, 4.69) is 0 Å². The molecule has 0 aliphatic carbocycles. The highest BCUT2D eigenvalue weighted by molar-refractivity contribution is 6.07. The van der Waals surface area contributed by atoms with Crippen LogP contribution in [0.25, 0.3) is 0 Å². The molecule has 4 rings (SSSR count). The van der Waals surface area contributed by atoms with Crippen molar-refractivity contribution < 1.29 is 36.9 Å². The molecule has 1 aliphatic rings. The minimum Gasteiger partial charge on any atom is -0.497 e. The van der Waals surface area contributed by atoms with Gasteiger partial charge in [-0.05, 0) is 35.4 Å². The van der Waals surface area contributed by atoms with Gasteiger partial charge in [-0.3, -0.25) is 4.79 Å². The Hall–Kier alpha value is -3.88. The normalized spacial score (nSPS) is 17.6. The Balaban J connectivity index is 1.80. The van der Waals surface area contributed by atoms with Crippen LogP contribution in [0.3, 0.4) is 0 Å². The van der Waals surface area contributed by atoms with Gasteiger partial charge in [0.15, 0.2) is 11.5 Å². The Morgan fingerprint density at radius 1 is 0.743 bits per heavy atom. The lowest BCUT2D eigenvalue weighted by atomic mass is 9.77. The van der Waals surface area contributed by atoms with Crippen molar-refractivity contribution in [1.29, 1.82) is 0 Å². The highest BCUT2D eigenvalue weighted by atomic mass is 19.4. The predicted octanol–water partition coefficient (Wildman–Crippen LogP) is 5.61. The molecule has 9 heteroatoms. The van der Waals surface area contributed by atoms with E-state index in [1.54, 1.807) is 36.3 Å². The highest BCUT2D eigenvalue weighted by Gasteiger charge is 2.50. The number of ether oxygens (including phenoxy) is 4. The van der Waals surface area contributed by atoms with Crippen LogP contribution >= 0.6 is 0 Å². The third-order valence-electron chi connectivity index (χ3n) is 6.08. The second-order valence-corrected chi connectivity index (χ2v) is 7.91. The van der Waals surface area contributed by atoms with Crippen LogP contribution in [0.1, 0.15) is 28.7 Å². The number of nitrogens with zero attached hydrogens (tertiary/aromatic N) is 1. The summed E-state index contributed by atoms with van der Waals surface area (Å²) in [6.07, 6.45) is -4.46. The number of amides is 1. The van der Waals surface area contributed by atoms with E-state index >= 15 is 0 Å². The number of carbonyl (C=O) groups excluding carboxylic acids is 1. The minimum atomic E-state index is -4.46. The standard InChI is InChI=1S/C26H24F3NO5/c1-32-19-11-7-16(8-12-19)23-22(15-5-9-17(10-6-15)26(27,28)29)25(31)30(23)18-13-20(33-2)24(35-4)21(14-18)34-3/h5-14,22-23H,1-4H3/t22-,23-/m1/s1. The van der Waals surface area contributed by atoms with Gasteiger partial charge < -0.3 is 23.8 Å². The van der Waals surface area contributed by atoms with Gasteiger partial charge in [0.2, 0.25) is 11.7 Å². The van der Waals surface area contributed by atoms with Crippen molar-refractivity contribution >= 4 is 11.6 Å². The molecular weight excluding hydrogens is 463 g/mol. The highest BCUT2D eigenvalue weighted by Crippen LogP contribution is 2.52. The van der Waals surface area contributed by atoms with Gasteiger partial charge in [0.1, 0.15) is 5.75 Å². The maximum absolute atomic E-state index is 13.5. The third kappa shape index (κ3) is 4.34. The van der Waals surface area contributed by atoms with Gasteiger partial charge in [-0.25, -0.2) is 0 Å². The first-order valence-electron chi connectivity index (χ1n) is 10.7. The van der Waals surface area contributed by atoms with E-state index in [0.717, 1.165) is 17.7 Å². The number of benzene rings is 3. The number of carbonyl (C=O) groups is 1. The van der Waals surface area contributed by atoms with E-state index in [9.17, 15) is 18.0 Å². The average Bonchev–Trinajstić information content (AvgIpc) is 2.86. The molecule has 3 aromatic carbocycles. The molecule has 3 aromatic rings. The van der Waals surface area contributed by atoms with Crippen molar-refractivity contribution in [2.45, 2.75) is 18.1 Å². The summed E-state index contributed by atoms with van der Waals surface area (Å²) in [5.41, 5.74) is 1.03. The first-order chi connectivity index (χ1) is 16.7. The SMILES string of the molecule is COc1ccc([C@@H]2[C@@H](c3ccc(C(F)(F)F)cc3)C(=O)N2c2cc(OC)c(OC)c(OC)c2)cc1. The zero-order valence-corrected chi connectivity index (χ0v) is 19.6. The fourth-order valence-corrected chi connectivity index (χ4v) is 4.33. The maximum Gasteiger partial charge on any atom is 0.416 e. The van der Waals surface area contributed by atoms with Crippen molar-refractivity contribution in [3.05, 3.63) is 77.4 Å². The van der Waals surface area contributed by atoms with Gasteiger partial charge in [0.25, 0.3) is 0 Å². The van der Waals surface area contributed by atoms with E-state index in [1.165, 1.54) is 33.5 Å². The Labute approximate surface area is 200 Å². The monoisotopic (exact) mass is 487 g/mol. The maximum atomic E-state index is 13.5. The number of methoxy groups -OCH3 is 4. The zero-order chi connectivity index (χ0) is 25.3. The smallest absolute Gasteiger partial charge is 0.416 e. The number of hydrogen-bond donors (Lipinski definition) is 0. The first-order valence-corrected chi connectivity index (χ1v) is 10.7. The van der Waals surface area contributed by atoms with Crippen molar-refractivity contribution in [2.75, 3.05) is 33.3 Å². The summed E-state index contributed by atoms with van der Waals surface area (Å²) in [4.78, 5) is 15.0. The summed E-state index contributed by atoms with van der Waals surface area (Å²) in [5, 5.41) is 0. The van der Waals surface area contributed by atoms with E-state index < -0.39 is 23.7 Å². The van der Waals surface area contributed by atoms with Gasteiger partial charge in [-0.1, -0.05) is 24.3 Å². The molecular formula is C26H24F3NO5. The zero-order valence-electron chi connectivity index (χ0n) is 19.6. The molecule has 35 heavy (non-hydrogen) atoms. The summed E-state index contributed by atoms with van der Waals surface area (Å²) in [6.45, 7) is 0. The van der Waals surface area contributed by atoms with Crippen LogP contribution < -0.4 is 23.8 Å². The van der Waals surface area contributed by atoms with Crippen molar-refractivity contribution in [2.24, 2.45) is 0 Å². The third-order valence-corrected chi connectivity index (χ3v) is 6.08. The lowest BCUT2D eigenvalue weighted by Crippen LogP contribution is -2.53. The number of rotatable bonds is 7. The van der Waals surface area contributed by atoms with Crippen LogP contribution in [0, 0.1) is 0 Å². The molecule has 0 saturated carbocycles. The molecule has 0 bridgehead atoms. The van der Waals surface area contributed by atoms with Crippen molar-refractivity contribution in [1.82, 2.24) is 0 Å². The molecule has 1 saturated heterocycles. The largest absolute Gasteiger partial charge is 0.497 e. The average molecular weight is 487 g/mol. The Morgan fingerprint density at radius 2 is 1.29 bits per heavy atom. The predicted molar refractivity (Wildman–Crippen MR) is 124 cm³/mol. The first kappa shape index (κ1) is 24.3. The minimum absolute atomic E-state index is 0.264. The number of halogens is 3. The van der Waals surface area contributed by atoms with Crippen LogP contribution in [0.5, 0.6) is 23.0 Å². The lowest BCUT2D eigenvalue weighted by molar-refractivity contribution is -0.137. The fourth-order valence-electron chi connectivity index (χ4n) is 4.33. The molecule has 1 amide bonds.